The van der Waals surface area contributed by atoms with Crippen LogP contribution in [-0.4, -0.2) is 48.9 Å². The zero-order chi connectivity index (χ0) is 21.6. The third kappa shape index (κ3) is 4.53. The molecule has 0 fully saturated rings. The summed E-state index contributed by atoms with van der Waals surface area (Å²) in [6.07, 6.45) is 10.7. The van der Waals surface area contributed by atoms with Crippen LogP contribution in [0.5, 0.6) is 5.88 Å². The lowest BCUT2D eigenvalue weighted by molar-refractivity contribution is 0.0952. The van der Waals surface area contributed by atoms with Crippen molar-refractivity contribution in [1.82, 2.24) is 34.6 Å². The average molecular weight is 419 g/mol. The maximum atomic E-state index is 12.8. The van der Waals surface area contributed by atoms with E-state index >= 15 is 0 Å². The lowest BCUT2D eigenvalue weighted by Gasteiger charge is -2.06. The van der Waals surface area contributed by atoms with Crippen molar-refractivity contribution in [1.29, 1.82) is 0 Å². The van der Waals surface area contributed by atoms with Crippen molar-refractivity contribution in [3.63, 3.8) is 0 Å². The molecule has 0 atom stereocenters. The zero-order valence-corrected chi connectivity index (χ0v) is 16.9. The molecule has 0 unspecified atom stereocenters. The Morgan fingerprint density at radius 2 is 2.13 bits per heavy atom. The zero-order valence-electron chi connectivity index (χ0n) is 16.9. The van der Waals surface area contributed by atoms with E-state index in [1.165, 1.54) is 18.0 Å². The molecule has 0 spiro atoms. The normalized spacial score (nSPS) is 10.7. The van der Waals surface area contributed by atoms with E-state index in [4.69, 9.17) is 4.74 Å². The standard InChI is InChI=1S/C21H21N7O3/c1-31-19-11-15(5-7-23-19)17-13-26-28(21(17)30)18-4-3-16(12-25-18)20(29)24-6-2-9-27-10-8-22-14-27/h3-5,7-8,10-14,26H,2,6,9H2,1H3,(H,24,29). The Balaban J connectivity index is 1.41. The van der Waals surface area contributed by atoms with Crippen molar-refractivity contribution in [2.75, 3.05) is 13.7 Å². The first-order chi connectivity index (χ1) is 15.2. The molecule has 10 nitrogen and oxygen atoms in total. The molecule has 0 aliphatic heterocycles. The first-order valence-electron chi connectivity index (χ1n) is 9.67. The van der Waals surface area contributed by atoms with Gasteiger partial charge in [0.1, 0.15) is 0 Å². The van der Waals surface area contributed by atoms with Crippen LogP contribution in [0.4, 0.5) is 0 Å². The molecule has 1 amide bonds. The van der Waals surface area contributed by atoms with Gasteiger partial charge < -0.3 is 14.6 Å². The van der Waals surface area contributed by atoms with Crippen molar-refractivity contribution in [2.45, 2.75) is 13.0 Å². The van der Waals surface area contributed by atoms with E-state index in [0.29, 0.717) is 34.9 Å². The maximum Gasteiger partial charge on any atom is 0.280 e. The minimum atomic E-state index is -0.266. The van der Waals surface area contributed by atoms with Gasteiger partial charge in [0.25, 0.3) is 11.5 Å². The smallest absolute Gasteiger partial charge is 0.280 e. The molecular formula is C21H21N7O3. The first kappa shape index (κ1) is 20.1. The van der Waals surface area contributed by atoms with Gasteiger partial charge in [0.2, 0.25) is 5.88 Å². The van der Waals surface area contributed by atoms with Gasteiger partial charge in [-0.05, 0) is 30.2 Å². The van der Waals surface area contributed by atoms with Crippen LogP contribution in [0.25, 0.3) is 16.9 Å². The number of aromatic nitrogens is 6. The van der Waals surface area contributed by atoms with Crippen LogP contribution in [0.2, 0.25) is 0 Å². The number of amides is 1. The highest BCUT2D eigenvalue weighted by molar-refractivity contribution is 5.93. The van der Waals surface area contributed by atoms with Gasteiger partial charge in [-0.25, -0.2) is 19.6 Å². The van der Waals surface area contributed by atoms with E-state index in [0.717, 1.165) is 13.0 Å². The predicted molar refractivity (Wildman–Crippen MR) is 113 cm³/mol. The van der Waals surface area contributed by atoms with Crippen LogP contribution in [-0.2, 0) is 6.54 Å². The molecule has 0 aromatic carbocycles. The molecule has 4 aromatic rings. The molecular weight excluding hydrogens is 398 g/mol. The SMILES string of the molecule is COc1cc(-c2c[nH]n(-c3ccc(C(=O)NCCCn4ccnc4)cn3)c2=O)ccn1. The largest absolute Gasteiger partial charge is 0.481 e. The predicted octanol–water partition coefficient (Wildman–Crippen LogP) is 1.65. The van der Waals surface area contributed by atoms with Gasteiger partial charge in [0, 0.05) is 50.1 Å². The van der Waals surface area contributed by atoms with Crippen molar-refractivity contribution in [3.05, 3.63) is 77.5 Å². The number of carbonyl (C=O) groups excluding carboxylic acids is 1. The summed E-state index contributed by atoms with van der Waals surface area (Å²) in [4.78, 5) is 37.4. The summed E-state index contributed by atoms with van der Waals surface area (Å²) in [6, 6.07) is 6.67. The number of imidazole rings is 1. The number of pyridine rings is 2. The van der Waals surface area contributed by atoms with Crippen molar-refractivity contribution in [3.8, 4) is 22.8 Å². The van der Waals surface area contributed by atoms with Gasteiger partial charge in [-0.2, -0.15) is 0 Å². The number of carbonyl (C=O) groups is 1. The molecule has 4 aromatic heterocycles. The van der Waals surface area contributed by atoms with Crippen LogP contribution in [0, 0.1) is 0 Å². The lowest BCUT2D eigenvalue weighted by Crippen LogP contribution is -2.25. The molecule has 2 N–H and O–H groups in total. The fourth-order valence-electron chi connectivity index (χ4n) is 3.07. The van der Waals surface area contributed by atoms with E-state index in [1.54, 1.807) is 49.2 Å². The van der Waals surface area contributed by atoms with Gasteiger partial charge in [-0.1, -0.05) is 0 Å². The summed E-state index contributed by atoms with van der Waals surface area (Å²) in [7, 11) is 1.52. The highest BCUT2D eigenvalue weighted by atomic mass is 16.5. The minimum absolute atomic E-state index is 0.215. The Labute approximate surface area is 177 Å². The number of aromatic amines is 1. The van der Waals surface area contributed by atoms with Crippen LogP contribution in [0.15, 0.2) is 66.4 Å². The molecule has 31 heavy (non-hydrogen) atoms. The molecule has 0 radical (unpaired) electrons. The molecule has 0 saturated heterocycles. The third-order valence-electron chi connectivity index (χ3n) is 4.70. The fraction of sp³-hybridized carbons (Fsp3) is 0.190. The lowest BCUT2D eigenvalue weighted by atomic mass is 10.1. The fourth-order valence-corrected chi connectivity index (χ4v) is 3.07. The summed E-state index contributed by atoms with van der Waals surface area (Å²) in [6.45, 7) is 1.31. The summed E-state index contributed by atoms with van der Waals surface area (Å²) in [5.41, 5.74) is 1.29. The van der Waals surface area contributed by atoms with Gasteiger partial charge in [-0.15, -0.1) is 0 Å². The number of rotatable bonds is 8. The van der Waals surface area contributed by atoms with Gasteiger partial charge >= 0.3 is 0 Å². The summed E-state index contributed by atoms with van der Waals surface area (Å²) in [5, 5.41) is 5.76. The second-order valence-electron chi connectivity index (χ2n) is 6.73. The maximum absolute atomic E-state index is 12.8. The van der Waals surface area contributed by atoms with E-state index in [9.17, 15) is 9.59 Å². The van der Waals surface area contributed by atoms with E-state index in [1.807, 2.05) is 10.8 Å². The third-order valence-corrected chi connectivity index (χ3v) is 4.70. The van der Waals surface area contributed by atoms with Crippen LogP contribution < -0.4 is 15.6 Å². The number of methoxy groups -OCH3 is 1. The van der Waals surface area contributed by atoms with Crippen LogP contribution in [0.1, 0.15) is 16.8 Å². The Kier molecular flexibility index (Phi) is 5.88. The highest BCUT2D eigenvalue weighted by Gasteiger charge is 2.13. The number of ether oxygens (including phenoxy) is 1. The van der Waals surface area contributed by atoms with Crippen LogP contribution in [0.3, 0.4) is 0 Å². The van der Waals surface area contributed by atoms with Crippen molar-refractivity contribution < 1.29 is 9.53 Å². The molecule has 4 heterocycles. The van der Waals surface area contributed by atoms with E-state index < -0.39 is 0 Å². The Morgan fingerprint density at radius 1 is 1.23 bits per heavy atom. The molecule has 158 valence electrons. The van der Waals surface area contributed by atoms with Gasteiger partial charge in [0.05, 0.1) is 24.6 Å². The average Bonchev–Trinajstić information content (AvgIpc) is 3.46. The number of H-pyrrole nitrogens is 1. The van der Waals surface area contributed by atoms with E-state index in [2.05, 4.69) is 25.4 Å². The summed E-state index contributed by atoms with van der Waals surface area (Å²) in [5.74, 6) is 0.588. The number of nitrogens with zero attached hydrogens (tertiary/aromatic N) is 5. The topological polar surface area (TPSA) is 120 Å². The molecule has 0 aliphatic carbocycles. The number of hydrogen-bond donors (Lipinski definition) is 2. The minimum Gasteiger partial charge on any atom is -0.481 e. The Bertz CT molecular complexity index is 1210. The van der Waals surface area contributed by atoms with Crippen molar-refractivity contribution >= 4 is 5.91 Å². The van der Waals surface area contributed by atoms with Gasteiger partial charge in [-0.3, -0.25) is 14.7 Å². The monoisotopic (exact) mass is 419 g/mol. The Hall–Kier alpha value is -4.21. The highest BCUT2D eigenvalue weighted by Crippen LogP contribution is 2.19. The summed E-state index contributed by atoms with van der Waals surface area (Å²) < 4.78 is 8.38. The van der Waals surface area contributed by atoms with Gasteiger partial charge in [0.15, 0.2) is 5.82 Å². The molecule has 10 heteroatoms. The second-order valence-corrected chi connectivity index (χ2v) is 6.73. The summed E-state index contributed by atoms with van der Waals surface area (Å²) >= 11 is 0. The van der Waals surface area contributed by atoms with E-state index in [-0.39, 0.29) is 11.5 Å². The second kappa shape index (κ2) is 9.08. The molecule has 0 bridgehead atoms. The number of nitrogens with one attached hydrogen (secondary N) is 2. The quantitative estimate of drug-likeness (QED) is 0.419. The Morgan fingerprint density at radius 3 is 2.87 bits per heavy atom. The van der Waals surface area contributed by atoms with Crippen molar-refractivity contribution in [2.24, 2.45) is 0 Å². The number of hydrogen-bond acceptors (Lipinski definition) is 6. The molecule has 4 rings (SSSR count). The van der Waals surface area contributed by atoms with Crippen LogP contribution >= 0.6 is 0 Å². The molecule has 0 saturated carbocycles. The number of aryl methyl sites for hydroxylation is 1. The first-order valence-corrected chi connectivity index (χ1v) is 9.67. The molecule has 0 aliphatic rings.